The number of anilines is 1. The molecule has 0 unspecified atom stereocenters. The SMILES string of the molecule is CNc1ncc(B2OC(C)(C)C(C)(C)O2)c(OC)n1. The van der Waals surface area contributed by atoms with Crippen molar-refractivity contribution in [3.8, 4) is 5.88 Å². The molecule has 0 spiro atoms. The molecule has 0 bridgehead atoms. The van der Waals surface area contributed by atoms with E-state index in [1.807, 2.05) is 27.7 Å². The summed E-state index contributed by atoms with van der Waals surface area (Å²) in [6, 6.07) is 0. The van der Waals surface area contributed by atoms with E-state index in [0.29, 0.717) is 17.3 Å². The van der Waals surface area contributed by atoms with Crippen molar-refractivity contribution in [3.05, 3.63) is 6.20 Å². The predicted octanol–water partition coefficient (Wildman–Crippen LogP) is 0.826. The van der Waals surface area contributed by atoms with E-state index in [9.17, 15) is 0 Å². The minimum absolute atomic E-state index is 0.398. The number of nitrogens with zero attached hydrogens (tertiary/aromatic N) is 2. The Morgan fingerprint density at radius 2 is 1.79 bits per heavy atom. The minimum atomic E-state index is -0.522. The quantitative estimate of drug-likeness (QED) is 0.816. The van der Waals surface area contributed by atoms with Crippen LogP contribution in [-0.4, -0.2) is 42.4 Å². The molecule has 0 radical (unpaired) electrons. The van der Waals surface area contributed by atoms with Gasteiger partial charge in [-0.15, -0.1) is 0 Å². The van der Waals surface area contributed by atoms with Crippen molar-refractivity contribution in [1.82, 2.24) is 9.97 Å². The van der Waals surface area contributed by atoms with Crippen molar-refractivity contribution >= 4 is 18.5 Å². The Morgan fingerprint density at radius 1 is 1.21 bits per heavy atom. The van der Waals surface area contributed by atoms with E-state index in [1.165, 1.54) is 0 Å². The van der Waals surface area contributed by atoms with Gasteiger partial charge in [0.1, 0.15) is 0 Å². The second kappa shape index (κ2) is 4.65. The fourth-order valence-electron chi connectivity index (χ4n) is 1.79. The van der Waals surface area contributed by atoms with Crippen LogP contribution in [0.1, 0.15) is 27.7 Å². The molecule has 1 saturated heterocycles. The van der Waals surface area contributed by atoms with Gasteiger partial charge in [0, 0.05) is 13.2 Å². The van der Waals surface area contributed by atoms with Gasteiger partial charge in [0.25, 0.3) is 0 Å². The Hall–Kier alpha value is -1.34. The highest BCUT2D eigenvalue weighted by molar-refractivity contribution is 6.63. The Morgan fingerprint density at radius 3 is 2.26 bits per heavy atom. The normalized spacial score (nSPS) is 20.4. The summed E-state index contributed by atoms with van der Waals surface area (Å²) < 4.78 is 17.2. The maximum atomic E-state index is 5.96. The van der Waals surface area contributed by atoms with Gasteiger partial charge >= 0.3 is 7.12 Å². The van der Waals surface area contributed by atoms with Crippen LogP contribution >= 0.6 is 0 Å². The first kappa shape index (κ1) is 14.1. The first-order chi connectivity index (χ1) is 8.80. The van der Waals surface area contributed by atoms with E-state index in [4.69, 9.17) is 14.0 Å². The maximum absolute atomic E-state index is 5.96. The van der Waals surface area contributed by atoms with E-state index in [-0.39, 0.29) is 0 Å². The average Bonchev–Trinajstić information content (AvgIpc) is 2.57. The maximum Gasteiger partial charge on any atom is 0.502 e. The topological polar surface area (TPSA) is 65.5 Å². The molecule has 0 atom stereocenters. The molecule has 2 rings (SSSR count). The molecule has 2 heterocycles. The number of methoxy groups -OCH3 is 1. The zero-order chi connectivity index (χ0) is 14.3. The molecule has 19 heavy (non-hydrogen) atoms. The highest BCUT2D eigenvalue weighted by Crippen LogP contribution is 2.36. The molecule has 1 aliphatic heterocycles. The number of nitrogens with one attached hydrogen (secondary N) is 1. The molecule has 1 aromatic rings. The van der Waals surface area contributed by atoms with Gasteiger partial charge < -0.3 is 19.4 Å². The second-order valence-electron chi connectivity index (χ2n) is 5.50. The lowest BCUT2D eigenvalue weighted by molar-refractivity contribution is 0.00578. The van der Waals surface area contributed by atoms with Gasteiger partial charge in [0.05, 0.1) is 23.8 Å². The number of hydrogen-bond acceptors (Lipinski definition) is 6. The second-order valence-corrected chi connectivity index (χ2v) is 5.50. The molecule has 1 aliphatic rings. The van der Waals surface area contributed by atoms with E-state index >= 15 is 0 Å². The zero-order valence-electron chi connectivity index (χ0n) is 12.3. The Kier molecular flexibility index (Phi) is 3.44. The van der Waals surface area contributed by atoms with Gasteiger partial charge in [0.15, 0.2) is 0 Å². The third-order valence-corrected chi connectivity index (χ3v) is 3.70. The van der Waals surface area contributed by atoms with Crippen molar-refractivity contribution in [3.63, 3.8) is 0 Å². The fraction of sp³-hybridized carbons (Fsp3) is 0.667. The van der Waals surface area contributed by atoms with Crippen LogP contribution in [0.2, 0.25) is 0 Å². The molecular formula is C12H20BN3O3. The molecule has 0 aliphatic carbocycles. The number of hydrogen-bond donors (Lipinski definition) is 1. The van der Waals surface area contributed by atoms with Gasteiger partial charge in [-0.2, -0.15) is 4.98 Å². The van der Waals surface area contributed by atoms with Crippen LogP contribution < -0.4 is 15.5 Å². The van der Waals surface area contributed by atoms with Crippen LogP contribution in [0.15, 0.2) is 6.20 Å². The van der Waals surface area contributed by atoms with Crippen molar-refractivity contribution in [1.29, 1.82) is 0 Å². The average molecular weight is 265 g/mol. The van der Waals surface area contributed by atoms with E-state index < -0.39 is 18.3 Å². The Labute approximate surface area is 114 Å². The molecule has 7 heteroatoms. The first-order valence-electron chi connectivity index (χ1n) is 6.25. The number of aromatic nitrogens is 2. The summed E-state index contributed by atoms with van der Waals surface area (Å²) in [6.45, 7) is 8.01. The zero-order valence-corrected chi connectivity index (χ0v) is 12.3. The van der Waals surface area contributed by atoms with Crippen LogP contribution in [0.3, 0.4) is 0 Å². The van der Waals surface area contributed by atoms with Crippen molar-refractivity contribution in [2.45, 2.75) is 38.9 Å². The highest BCUT2D eigenvalue weighted by Gasteiger charge is 2.52. The molecule has 0 saturated carbocycles. The summed E-state index contributed by atoms with van der Waals surface area (Å²) in [5.41, 5.74) is -0.102. The van der Waals surface area contributed by atoms with Crippen molar-refractivity contribution in [2.24, 2.45) is 0 Å². The largest absolute Gasteiger partial charge is 0.502 e. The molecule has 1 fully saturated rings. The summed E-state index contributed by atoms with van der Waals surface area (Å²) in [7, 11) is 2.80. The van der Waals surface area contributed by atoms with Gasteiger partial charge in [-0.05, 0) is 27.7 Å². The summed E-state index contributed by atoms with van der Waals surface area (Å²) in [6.07, 6.45) is 1.67. The molecule has 0 amide bonds. The van der Waals surface area contributed by atoms with Crippen LogP contribution in [0.4, 0.5) is 5.95 Å². The fourth-order valence-corrected chi connectivity index (χ4v) is 1.79. The predicted molar refractivity (Wildman–Crippen MR) is 73.8 cm³/mol. The Bertz CT molecular complexity index is 463. The standard InChI is InChI=1S/C12H20BN3O3/c1-11(2)12(3,4)19-13(18-11)8-7-15-10(14-5)16-9(8)17-6/h7H,1-6H3,(H,14,15,16). The van der Waals surface area contributed by atoms with Crippen LogP contribution in [0.25, 0.3) is 0 Å². The summed E-state index contributed by atoms with van der Waals surface area (Å²) in [4.78, 5) is 8.43. The van der Waals surface area contributed by atoms with Crippen LogP contribution in [-0.2, 0) is 9.31 Å². The Balaban J connectivity index is 2.34. The van der Waals surface area contributed by atoms with Gasteiger partial charge in [0.2, 0.25) is 11.8 Å². The molecular weight excluding hydrogens is 245 g/mol. The first-order valence-corrected chi connectivity index (χ1v) is 6.25. The van der Waals surface area contributed by atoms with Crippen molar-refractivity contribution in [2.75, 3.05) is 19.5 Å². The molecule has 6 nitrogen and oxygen atoms in total. The number of ether oxygens (including phenoxy) is 1. The van der Waals surface area contributed by atoms with E-state index in [1.54, 1.807) is 20.4 Å². The summed E-state index contributed by atoms with van der Waals surface area (Å²) in [5, 5.41) is 2.87. The molecule has 0 aromatic carbocycles. The van der Waals surface area contributed by atoms with Gasteiger partial charge in [-0.25, -0.2) is 4.98 Å². The summed E-state index contributed by atoms with van der Waals surface area (Å²) >= 11 is 0. The van der Waals surface area contributed by atoms with Gasteiger partial charge in [-0.3, -0.25) is 0 Å². The smallest absolute Gasteiger partial charge is 0.481 e. The van der Waals surface area contributed by atoms with E-state index in [0.717, 1.165) is 0 Å². The van der Waals surface area contributed by atoms with Crippen molar-refractivity contribution < 1.29 is 14.0 Å². The lowest BCUT2D eigenvalue weighted by Gasteiger charge is -2.32. The highest BCUT2D eigenvalue weighted by atomic mass is 16.7. The van der Waals surface area contributed by atoms with E-state index in [2.05, 4.69) is 15.3 Å². The molecule has 1 aromatic heterocycles. The van der Waals surface area contributed by atoms with Crippen LogP contribution in [0.5, 0.6) is 5.88 Å². The van der Waals surface area contributed by atoms with Gasteiger partial charge in [-0.1, -0.05) is 0 Å². The third-order valence-electron chi connectivity index (χ3n) is 3.70. The lowest BCUT2D eigenvalue weighted by Crippen LogP contribution is -2.41. The summed E-state index contributed by atoms with van der Waals surface area (Å²) in [5.74, 6) is 0.954. The van der Waals surface area contributed by atoms with Crippen LogP contribution in [0, 0.1) is 0 Å². The molecule has 104 valence electrons. The monoisotopic (exact) mass is 265 g/mol. The third kappa shape index (κ3) is 2.40. The number of rotatable bonds is 3. The minimum Gasteiger partial charge on any atom is -0.481 e. The lowest BCUT2D eigenvalue weighted by atomic mass is 9.81. The molecule has 1 N–H and O–H groups in total.